The molecule has 4 rings (SSSR count). The Labute approximate surface area is 186 Å². The van der Waals surface area contributed by atoms with E-state index in [1.54, 1.807) is 17.3 Å². The molecular weight excluding hydrogens is 406 g/mol. The molecule has 7 heteroatoms. The number of rotatable bonds is 7. The fourth-order valence-corrected chi connectivity index (χ4v) is 4.22. The molecule has 2 aromatic carbocycles. The van der Waals surface area contributed by atoms with Gasteiger partial charge in [0.15, 0.2) is 11.0 Å². The van der Waals surface area contributed by atoms with Gasteiger partial charge in [-0.15, -0.1) is 10.2 Å². The van der Waals surface area contributed by atoms with E-state index in [-0.39, 0.29) is 11.7 Å². The molecule has 0 N–H and O–H groups in total. The van der Waals surface area contributed by atoms with Gasteiger partial charge in [-0.25, -0.2) is 0 Å². The van der Waals surface area contributed by atoms with Gasteiger partial charge in [-0.05, 0) is 49.7 Å². The number of carbonyl (C=O) groups excluding carboxylic acids is 1. The lowest BCUT2D eigenvalue weighted by molar-refractivity contribution is -0.116. The molecule has 4 aromatic rings. The average molecular weight is 430 g/mol. The fourth-order valence-electron chi connectivity index (χ4n) is 3.40. The van der Waals surface area contributed by atoms with Gasteiger partial charge in [0.05, 0.1) is 11.4 Å². The number of thioether (sulfide) groups is 1. The minimum Gasteiger partial charge on any atom is -0.312 e. The van der Waals surface area contributed by atoms with Gasteiger partial charge in [0, 0.05) is 30.2 Å². The lowest BCUT2D eigenvalue weighted by Gasteiger charge is -2.21. The lowest BCUT2D eigenvalue weighted by Crippen LogP contribution is -2.32. The molecule has 2 aromatic heterocycles. The highest BCUT2D eigenvalue weighted by molar-refractivity contribution is 7.99. The van der Waals surface area contributed by atoms with E-state index in [9.17, 15) is 4.79 Å². The average Bonchev–Trinajstić information content (AvgIpc) is 3.23. The highest BCUT2D eigenvalue weighted by Gasteiger charge is 2.20. The van der Waals surface area contributed by atoms with E-state index < -0.39 is 0 Å². The number of carbonyl (C=O) groups is 1. The molecule has 156 valence electrons. The first-order chi connectivity index (χ1) is 15.2. The van der Waals surface area contributed by atoms with Crippen molar-refractivity contribution < 1.29 is 4.79 Å². The van der Waals surface area contributed by atoms with Crippen LogP contribution in [-0.4, -0.2) is 38.0 Å². The summed E-state index contributed by atoms with van der Waals surface area (Å²) in [5.41, 5.74) is 3.91. The molecular formula is C24H23N5OS. The summed E-state index contributed by atoms with van der Waals surface area (Å²) >= 11 is 1.40. The van der Waals surface area contributed by atoms with Crippen LogP contribution in [0.4, 0.5) is 5.69 Å². The molecule has 0 bridgehead atoms. The van der Waals surface area contributed by atoms with Crippen LogP contribution in [0.5, 0.6) is 0 Å². The Hall–Kier alpha value is -3.45. The molecule has 1 amide bonds. The summed E-state index contributed by atoms with van der Waals surface area (Å²) in [5.74, 6) is 1.02. The maximum absolute atomic E-state index is 13.0. The highest BCUT2D eigenvalue weighted by atomic mass is 32.2. The van der Waals surface area contributed by atoms with Crippen molar-refractivity contribution in [2.24, 2.45) is 0 Å². The largest absolute Gasteiger partial charge is 0.312 e. The van der Waals surface area contributed by atoms with Gasteiger partial charge in [0.2, 0.25) is 5.91 Å². The molecule has 0 fully saturated rings. The van der Waals surface area contributed by atoms with Crippen molar-refractivity contribution in [2.45, 2.75) is 19.0 Å². The third-order valence-electron chi connectivity index (χ3n) is 4.94. The van der Waals surface area contributed by atoms with E-state index in [2.05, 4.69) is 28.2 Å². The Morgan fingerprint density at radius 3 is 2.39 bits per heavy atom. The van der Waals surface area contributed by atoms with Crippen molar-refractivity contribution in [2.75, 3.05) is 17.2 Å². The Bertz CT molecular complexity index is 1160. The van der Waals surface area contributed by atoms with Crippen LogP contribution in [0.25, 0.3) is 17.1 Å². The Kier molecular flexibility index (Phi) is 6.43. The van der Waals surface area contributed by atoms with Gasteiger partial charge in [0.1, 0.15) is 0 Å². The minimum atomic E-state index is 0.0310. The Morgan fingerprint density at radius 2 is 1.68 bits per heavy atom. The zero-order valence-corrected chi connectivity index (χ0v) is 18.3. The highest BCUT2D eigenvalue weighted by Crippen LogP contribution is 2.29. The van der Waals surface area contributed by atoms with Crippen LogP contribution in [0.1, 0.15) is 12.5 Å². The molecule has 0 aliphatic heterocycles. The molecule has 31 heavy (non-hydrogen) atoms. The number of hydrogen-bond donors (Lipinski definition) is 0. The van der Waals surface area contributed by atoms with Crippen LogP contribution in [0.15, 0.2) is 84.3 Å². The van der Waals surface area contributed by atoms with E-state index in [0.29, 0.717) is 11.7 Å². The maximum Gasteiger partial charge on any atom is 0.237 e. The second-order valence-corrected chi connectivity index (χ2v) is 7.87. The first-order valence-corrected chi connectivity index (χ1v) is 11.1. The number of benzene rings is 2. The summed E-state index contributed by atoms with van der Waals surface area (Å²) in [6.07, 6.45) is 3.48. The third kappa shape index (κ3) is 4.51. The number of amides is 1. The van der Waals surface area contributed by atoms with Crippen LogP contribution in [0, 0.1) is 6.92 Å². The predicted octanol–water partition coefficient (Wildman–Crippen LogP) is 4.78. The van der Waals surface area contributed by atoms with E-state index in [1.807, 2.05) is 72.2 Å². The minimum absolute atomic E-state index is 0.0310. The topological polar surface area (TPSA) is 63.9 Å². The molecule has 0 saturated carbocycles. The molecule has 0 radical (unpaired) electrons. The van der Waals surface area contributed by atoms with E-state index >= 15 is 0 Å². The van der Waals surface area contributed by atoms with Gasteiger partial charge < -0.3 is 4.90 Å². The van der Waals surface area contributed by atoms with Crippen LogP contribution < -0.4 is 4.90 Å². The SMILES string of the molecule is CCN(C(=O)CSc1nnc(-c2ccncc2)n1-c1ccccc1C)c1ccccc1. The van der Waals surface area contributed by atoms with Crippen LogP contribution in [-0.2, 0) is 4.79 Å². The number of pyridine rings is 1. The molecule has 0 unspecified atom stereocenters. The van der Waals surface area contributed by atoms with E-state index in [4.69, 9.17) is 0 Å². The van der Waals surface area contributed by atoms with Crippen LogP contribution >= 0.6 is 11.8 Å². The summed E-state index contributed by atoms with van der Waals surface area (Å²) in [6.45, 7) is 4.64. The normalized spacial score (nSPS) is 10.8. The van der Waals surface area contributed by atoms with Gasteiger partial charge >= 0.3 is 0 Å². The summed E-state index contributed by atoms with van der Waals surface area (Å²) in [5, 5.41) is 9.55. The summed E-state index contributed by atoms with van der Waals surface area (Å²) in [7, 11) is 0. The molecule has 0 saturated heterocycles. The predicted molar refractivity (Wildman–Crippen MR) is 125 cm³/mol. The monoisotopic (exact) mass is 429 g/mol. The lowest BCUT2D eigenvalue weighted by atomic mass is 10.2. The van der Waals surface area contributed by atoms with Gasteiger partial charge in [-0.1, -0.05) is 48.2 Å². The first-order valence-electron chi connectivity index (χ1n) is 10.1. The van der Waals surface area contributed by atoms with Crippen molar-refractivity contribution in [3.8, 4) is 17.1 Å². The fraction of sp³-hybridized carbons (Fsp3) is 0.167. The maximum atomic E-state index is 13.0. The Balaban J connectivity index is 1.65. The quantitative estimate of drug-likeness (QED) is 0.396. The number of anilines is 1. The van der Waals surface area contributed by atoms with E-state index in [1.165, 1.54) is 11.8 Å². The van der Waals surface area contributed by atoms with Crippen molar-refractivity contribution >= 4 is 23.4 Å². The van der Waals surface area contributed by atoms with Gasteiger partial charge in [0.25, 0.3) is 0 Å². The zero-order chi connectivity index (χ0) is 21.6. The number of para-hydroxylation sites is 2. The molecule has 6 nitrogen and oxygen atoms in total. The van der Waals surface area contributed by atoms with Gasteiger partial charge in [-0.2, -0.15) is 0 Å². The van der Waals surface area contributed by atoms with Crippen LogP contribution in [0.3, 0.4) is 0 Å². The zero-order valence-electron chi connectivity index (χ0n) is 17.5. The number of aromatic nitrogens is 4. The smallest absolute Gasteiger partial charge is 0.237 e. The molecule has 0 spiro atoms. The second kappa shape index (κ2) is 9.57. The second-order valence-electron chi connectivity index (χ2n) is 6.93. The number of aryl methyl sites for hydroxylation is 1. The summed E-state index contributed by atoms with van der Waals surface area (Å²) in [6, 6.07) is 21.6. The summed E-state index contributed by atoms with van der Waals surface area (Å²) < 4.78 is 2.02. The molecule has 0 atom stereocenters. The Morgan fingerprint density at radius 1 is 0.968 bits per heavy atom. The summed E-state index contributed by atoms with van der Waals surface area (Å²) in [4.78, 5) is 18.9. The van der Waals surface area contributed by atoms with E-state index in [0.717, 1.165) is 28.3 Å². The van der Waals surface area contributed by atoms with Crippen LogP contribution in [0.2, 0.25) is 0 Å². The standard InChI is InChI=1S/C24H23N5OS/c1-3-28(20-10-5-4-6-11-20)22(30)17-31-24-27-26-23(19-13-15-25-16-14-19)29(24)21-12-8-7-9-18(21)2/h4-16H,3,17H2,1-2H3. The van der Waals surface area contributed by atoms with Crippen molar-refractivity contribution in [1.82, 2.24) is 19.7 Å². The van der Waals surface area contributed by atoms with Crippen molar-refractivity contribution in [1.29, 1.82) is 0 Å². The molecule has 2 heterocycles. The van der Waals surface area contributed by atoms with Crippen molar-refractivity contribution in [3.63, 3.8) is 0 Å². The number of hydrogen-bond acceptors (Lipinski definition) is 5. The van der Waals surface area contributed by atoms with Gasteiger partial charge in [-0.3, -0.25) is 14.3 Å². The molecule has 0 aliphatic carbocycles. The van der Waals surface area contributed by atoms with Crippen molar-refractivity contribution in [3.05, 3.63) is 84.7 Å². The first kappa shape index (κ1) is 20.8. The number of nitrogens with zero attached hydrogens (tertiary/aromatic N) is 5. The third-order valence-corrected chi connectivity index (χ3v) is 5.85. The molecule has 0 aliphatic rings.